The van der Waals surface area contributed by atoms with E-state index in [0.717, 1.165) is 12.8 Å². The quantitative estimate of drug-likeness (QED) is 0.195. The average molecular weight is 531 g/mol. The first-order chi connectivity index (χ1) is 20.8. The van der Waals surface area contributed by atoms with Gasteiger partial charge in [0.05, 0.1) is 0 Å². The standard InChI is InChI=1S/C42H26/c1-3-7-33-27(5-1)21-31-23-29(13-17-37(31)33)35-15-9-25-12-20-40-36(16-10-26-11-19-39(35)41(25)42(26)40)30-14-18-38-32(24-30)22-28-6-2-4-8-34(28)38/h1-20,23-24H,21-22H2. The summed E-state index contributed by atoms with van der Waals surface area (Å²) in [7, 11) is 0. The molecule has 10 rings (SSSR count). The molecule has 0 nitrogen and oxygen atoms in total. The molecular formula is C42H26. The van der Waals surface area contributed by atoms with E-state index < -0.39 is 0 Å². The Hall–Kier alpha value is -5.20. The van der Waals surface area contributed by atoms with Crippen LogP contribution < -0.4 is 0 Å². The van der Waals surface area contributed by atoms with Crippen molar-refractivity contribution in [2.24, 2.45) is 0 Å². The normalized spacial score (nSPS) is 13.0. The van der Waals surface area contributed by atoms with E-state index in [1.807, 2.05) is 0 Å². The summed E-state index contributed by atoms with van der Waals surface area (Å²) in [6, 6.07) is 50.4. The van der Waals surface area contributed by atoms with Crippen LogP contribution in [-0.2, 0) is 12.8 Å². The Morgan fingerprint density at radius 3 is 1.21 bits per heavy atom. The summed E-state index contributed by atoms with van der Waals surface area (Å²) < 4.78 is 0. The third-order valence-corrected chi connectivity index (χ3v) is 9.87. The Labute approximate surface area is 244 Å². The number of rotatable bonds is 2. The van der Waals surface area contributed by atoms with Crippen molar-refractivity contribution in [2.45, 2.75) is 12.8 Å². The van der Waals surface area contributed by atoms with E-state index in [0.29, 0.717) is 0 Å². The molecule has 194 valence electrons. The van der Waals surface area contributed by atoms with E-state index in [4.69, 9.17) is 0 Å². The number of fused-ring (bicyclic) bond motifs is 6. The molecule has 0 heteroatoms. The lowest BCUT2D eigenvalue weighted by atomic mass is 9.86. The van der Waals surface area contributed by atoms with E-state index >= 15 is 0 Å². The maximum absolute atomic E-state index is 2.43. The van der Waals surface area contributed by atoms with Crippen LogP contribution in [0.2, 0.25) is 0 Å². The topological polar surface area (TPSA) is 0 Å². The summed E-state index contributed by atoms with van der Waals surface area (Å²) >= 11 is 0. The molecule has 0 fully saturated rings. The molecule has 2 aliphatic carbocycles. The molecule has 42 heavy (non-hydrogen) atoms. The zero-order valence-electron chi connectivity index (χ0n) is 23.1. The highest BCUT2D eigenvalue weighted by atomic mass is 14.2. The number of hydrogen-bond acceptors (Lipinski definition) is 0. The monoisotopic (exact) mass is 530 g/mol. The van der Waals surface area contributed by atoms with E-state index in [1.54, 1.807) is 0 Å². The van der Waals surface area contributed by atoms with Crippen molar-refractivity contribution in [3.05, 3.63) is 156 Å². The molecule has 0 heterocycles. The lowest BCUT2D eigenvalue weighted by Crippen LogP contribution is -1.91. The Morgan fingerprint density at radius 2 is 0.714 bits per heavy atom. The molecule has 2 aliphatic rings. The minimum Gasteiger partial charge on any atom is -0.0619 e. The summed E-state index contributed by atoms with van der Waals surface area (Å²) in [6.45, 7) is 0. The Morgan fingerprint density at radius 1 is 0.310 bits per heavy atom. The maximum atomic E-state index is 2.43. The fourth-order valence-corrected chi connectivity index (χ4v) is 7.93. The molecule has 0 radical (unpaired) electrons. The van der Waals surface area contributed by atoms with Crippen LogP contribution in [0.4, 0.5) is 0 Å². The van der Waals surface area contributed by atoms with Crippen LogP contribution in [0.15, 0.2) is 133 Å². The largest absolute Gasteiger partial charge is 0.0619 e. The average Bonchev–Trinajstić information content (AvgIpc) is 3.60. The fourth-order valence-electron chi connectivity index (χ4n) is 7.93. The number of hydrogen-bond donors (Lipinski definition) is 0. The smallest absolute Gasteiger partial charge is 0.00132 e. The van der Waals surface area contributed by atoms with Crippen LogP contribution in [0, 0.1) is 0 Å². The molecule has 0 N–H and O–H groups in total. The summed E-state index contributed by atoms with van der Waals surface area (Å²) in [4.78, 5) is 0. The van der Waals surface area contributed by atoms with Gasteiger partial charge in [0, 0.05) is 0 Å². The first-order valence-electron chi connectivity index (χ1n) is 14.9. The molecule has 0 aliphatic heterocycles. The van der Waals surface area contributed by atoms with Crippen LogP contribution >= 0.6 is 0 Å². The summed E-state index contributed by atoms with van der Waals surface area (Å²) in [5.41, 5.74) is 16.5. The molecule has 0 saturated heterocycles. The van der Waals surface area contributed by atoms with Gasteiger partial charge in [0.25, 0.3) is 0 Å². The van der Waals surface area contributed by atoms with Gasteiger partial charge in [-0.2, -0.15) is 0 Å². The van der Waals surface area contributed by atoms with Crippen molar-refractivity contribution in [1.82, 2.24) is 0 Å². The Kier molecular flexibility index (Phi) is 4.38. The van der Waals surface area contributed by atoms with Gasteiger partial charge < -0.3 is 0 Å². The molecule has 0 bridgehead atoms. The molecule has 0 saturated carbocycles. The summed E-state index contributed by atoms with van der Waals surface area (Å²) in [5, 5.41) is 8.04. The highest BCUT2D eigenvalue weighted by Crippen LogP contribution is 2.45. The van der Waals surface area contributed by atoms with Gasteiger partial charge in [0.15, 0.2) is 0 Å². The Bertz CT molecular complexity index is 2230. The lowest BCUT2D eigenvalue weighted by molar-refractivity contribution is 1.26. The van der Waals surface area contributed by atoms with Crippen LogP contribution in [0.1, 0.15) is 22.3 Å². The SMILES string of the molecule is c1ccc2c(c1)Cc1cc(-c3ccc4ccc5c(-c6ccc7c(c6)Cc6ccccc6-7)ccc6ccc3c4c65)ccc1-2. The third kappa shape index (κ3) is 3.02. The first-order valence-corrected chi connectivity index (χ1v) is 14.9. The molecule has 8 aromatic carbocycles. The van der Waals surface area contributed by atoms with Crippen molar-refractivity contribution in [3.8, 4) is 44.5 Å². The first kappa shape index (κ1) is 22.5. The zero-order valence-corrected chi connectivity index (χ0v) is 23.1. The van der Waals surface area contributed by atoms with Crippen molar-refractivity contribution >= 4 is 32.3 Å². The van der Waals surface area contributed by atoms with Gasteiger partial charge in [-0.15, -0.1) is 0 Å². The van der Waals surface area contributed by atoms with E-state index in [2.05, 4.69) is 133 Å². The predicted molar refractivity (Wildman–Crippen MR) is 178 cm³/mol. The number of benzene rings is 8. The van der Waals surface area contributed by atoms with Gasteiger partial charge >= 0.3 is 0 Å². The third-order valence-electron chi connectivity index (χ3n) is 9.87. The second-order valence-electron chi connectivity index (χ2n) is 12.1. The van der Waals surface area contributed by atoms with Crippen LogP contribution in [0.25, 0.3) is 76.8 Å². The molecule has 0 spiro atoms. The van der Waals surface area contributed by atoms with Gasteiger partial charge in [-0.05, 0) is 112 Å². The van der Waals surface area contributed by atoms with E-state index in [-0.39, 0.29) is 0 Å². The highest BCUT2D eigenvalue weighted by molar-refractivity contribution is 6.27. The predicted octanol–water partition coefficient (Wildman–Crippen LogP) is 11.1. The highest BCUT2D eigenvalue weighted by Gasteiger charge is 2.21. The van der Waals surface area contributed by atoms with Crippen molar-refractivity contribution in [3.63, 3.8) is 0 Å². The minimum atomic E-state index is 1.01. The molecule has 0 amide bonds. The van der Waals surface area contributed by atoms with Crippen molar-refractivity contribution < 1.29 is 0 Å². The summed E-state index contributed by atoms with van der Waals surface area (Å²) in [6.07, 6.45) is 2.03. The lowest BCUT2D eigenvalue weighted by Gasteiger charge is -2.17. The Balaban J connectivity index is 1.15. The minimum absolute atomic E-state index is 1.01. The zero-order chi connectivity index (χ0) is 27.4. The fraction of sp³-hybridized carbons (Fsp3) is 0.0476. The van der Waals surface area contributed by atoms with Crippen LogP contribution in [-0.4, -0.2) is 0 Å². The molecule has 0 aromatic heterocycles. The van der Waals surface area contributed by atoms with Gasteiger partial charge in [-0.1, -0.05) is 133 Å². The molecular weight excluding hydrogens is 504 g/mol. The van der Waals surface area contributed by atoms with Crippen LogP contribution in [0.5, 0.6) is 0 Å². The molecule has 0 unspecified atom stereocenters. The second-order valence-corrected chi connectivity index (χ2v) is 12.1. The summed E-state index contributed by atoms with van der Waals surface area (Å²) in [5.74, 6) is 0. The second kappa shape index (κ2) is 8.18. The van der Waals surface area contributed by atoms with E-state index in [1.165, 1.54) is 99.1 Å². The van der Waals surface area contributed by atoms with E-state index in [9.17, 15) is 0 Å². The van der Waals surface area contributed by atoms with Gasteiger partial charge in [-0.3, -0.25) is 0 Å². The van der Waals surface area contributed by atoms with Crippen molar-refractivity contribution in [2.75, 3.05) is 0 Å². The van der Waals surface area contributed by atoms with Gasteiger partial charge in [0.1, 0.15) is 0 Å². The maximum Gasteiger partial charge on any atom is -0.00132 e. The van der Waals surface area contributed by atoms with Crippen molar-refractivity contribution in [1.29, 1.82) is 0 Å². The van der Waals surface area contributed by atoms with Gasteiger partial charge in [-0.25, -0.2) is 0 Å². The van der Waals surface area contributed by atoms with Gasteiger partial charge in [0.2, 0.25) is 0 Å². The van der Waals surface area contributed by atoms with Crippen LogP contribution in [0.3, 0.4) is 0 Å². The molecule has 8 aromatic rings. The molecule has 0 atom stereocenters.